The molecule has 2 rings (SSSR count). The molecule has 1 aromatic rings. The summed E-state index contributed by atoms with van der Waals surface area (Å²) in [4.78, 5) is 4.12. The molecule has 0 spiro atoms. The molecule has 0 unspecified atom stereocenters. The maximum Gasteiger partial charge on any atom is 0.304 e. The number of aromatic nitrogens is 1. The Labute approximate surface area is 70.7 Å². The zero-order chi connectivity index (χ0) is 8.60. The lowest BCUT2D eigenvalue weighted by Crippen LogP contribution is -2.19. The Morgan fingerprint density at radius 1 is 1.75 bits per heavy atom. The highest BCUT2D eigenvalue weighted by Gasteiger charge is 2.47. The summed E-state index contributed by atoms with van der Waals surface area (Å²) in [6, 6.07) is 0. The standard InChI is InChI=1S/C8H12N2O2/c1-11-6-4-10-7(12-6)8(5-9)2-3-8/h4H,2-3,5,9H2,1H3. The van der Waals surface area contributed by atoms with E-state index in [1.165, 1.54) is 0 Å². The zero-order valence-electron chi connectivity index (χ0n) is 7.04. The van der Waals surface area contributed by atoms with Gasteiger partial charge in [0.15, 0.2) is 0 Å². The molecule has 1 fully saturated rings. The van der Waals surface area contributed by atoms with Crippen LogP contribution in [-0.4, -0.2) is 18.6 Å². The Kier molecular flexibility index (Phi) is 1.58. The van der Waals surface area contributed by atoms with Gasteiger partial charge in [-0.25, -0.2) is 4.98 Å². The Morgan fingerprint density at radius 3 is 2.92 bits per heavy atom. The third-order valence-corrected chi connectivity index (χ3v) is 2.38. The van der Waals surface area contributed by atoms with E-state index >= 15 is 0 Å². The minimum Gasteiger partial charge on any atom is -0.467 e. The van der Waals surface area contributed by atoms with Gasteiger partial charge in [-0.1, -0.05) is 0 Å². The van der Waals surface area contributed by atoms with Gasteiger partial charge in [-0.15, -0.1) is 0 Å². The molecule has 0 saturated heterocycles. The molecule has 1 aliphatic carbocycles. The summed E-state index contributed by atoms with van der Waals surface area (Å²) in [5.41, 5.74) is 5.64. The first-order chi connectivity index (χ1) is 5.80. The van der Waals surface area contributed by atoms with Gasteiger partial charge in [0.2, 0.25) is 5.89 Å². The highest BCUT2D eigenvalue weighted by atomic mass is 16.6. The lowest BCUT2D eigenvalue weighted by Gasteiger charge is -2.04. The monoisotopic (exact) mass is 168 g/mol. The third-order valence-electron chi connectivity index (χ3n) is 2.38. The molecule has 4 nitrogen and oxygen atoms in total. The van der Waals surface area contributed by atoms with Gasteiger partial charge in [0.25, 0.3) is 0 Å². The van der Waals surface area contributed by atoms with Gasteiger partial charge in [-0.2, -0.15) is 0 Å². The van der Waals surface area contributed by atoms with Crippen LogP contribution in [0, 0.1) is 0 Å². The van der Waals surface area contributed by atoms with Crippen LogP contribution < -0.4 is 10.5 Å². The average molecular weight is 168 g/mol. The second-order valence-electron chi connectivity index (χ2n) is 3.17. The number of nitrogens with zero attached hydrogens (tertiary/aromatic N) is 1. The number of nitrogens with two attached hydrogens (primary N) is 1. The molecule has 1 heterocycles. The summed E-state index contributed by atoms with van der Waals surface area (Å²) in [7, 11) is 1.56. The lowest BCUT2D eigenvalue weighted by atomic mass is 10.1. The highest BCUT2D eigenvalue weighted by Crippen LogP contribution is 2.47. The lowest BCUT2D eigenvalue weighted by molar-refractivity contribution is 0.283. The van der Waals surface area contributed by atoms with Crippen molar-refractivity contribution in [2.45, 2.75) is 18.3 Å². The number of methoxy groups -OCH3 is 1. The van der Waals surface area contributed by atoms with Crippen molar-refractivity contribution >= 4 is 0 Å². The van der Waals surface area contributed by atoms with Crippen molar-refractivity contribution in [3.63, 3.8) is 0 Å². The van der Waals surface area contributed by atoms with Gasteiger partial charge < -0.3 is 14.9 Å². The van der Waals surface area contributed by atoms with Crippen LogP contribution in [0.25, 0.3) is 0 Å². The van der Waals surface area contributed by atoms with Gasteiger partial charge in [0.05, 0.1) is 12.5 Å². The molecular formula is C8H12N2O2. The molecule has 0 amide bonds. The fraction of sp³-hybridized carbons (Fsp3) is 0.625. The molecule has 0 atom stereocenters. The van der Waals surface area contributed by atoms with E-state index in [1.54, 1.807) is 13.3 Å². The molecule has 0 radical (unpaired) electrons. The smallest absolute Gasteiger partial charge is 0.304 e. The Morgan fingerprint density at radius 2 is 2.50 bits per heavy atom. The maximum atomic E-state index is 5.61. The molecule has 0 aliphatic heterocycles. The van der Waals surface area contributed by atoms with Crippen LogP contribution in [0.3, 0.4) is 0 Å². The van der Waals surface area contributed by atoms with Gasteiger partial charge in [0.1, 0.15) is 6.20 Å². The third kappa shape index (κ3) is 0.992. The topological polar surface area (TPSA) is 61.3 Å². The van der Waals surface area contributed by atoms with E-state index in [0.29, 0.717) is 12.5 Å². The van der Waals surface area contributed by atoms with E-state index in [0.717, 1.165) is 18.7 Å². The minimum atomic E-state index is 0.0246. The van der Waals surface area contributed by atoms with Crippen LogP contribution in [0.15, 0.2) is 10.6 Å². The first-order valence-electron chi connectivity index (χ1n) is 4.01. The summed E-state index contributed by atoms with van der Waals surface area (Å²) >= 11 is 0. The van der Waals surface area contributed by atoms with Gasteiger partial charge >= 0.3 is 5.95 Å². The van der Waals surface area contributed by atoms with E-state index in [1.807, 2.05) is 0 Å². The summed E-state index contributed by atoms with van der Waals surface area (Å²) in [6.45, 7) is 0.608. The van der Waals surface area contributed by atoms with Crippen LogP contribution >= 0.6 is 0 Å². The van der Waals surface area contributed by atoms with Crippen LogP contribution in [0.4, 0.5) is 0 Å². The molecule has 0 bridgehead atoms. The van der Waals surface area contributed by atoms with Crippen LogP contribution in [0.5, 0.6) is 5.95 Å². The van der Waals surface area contributed by atoms with Crippen molar-refractivity contribution in [2.24, 2.45) is 5.73 Å². The minimum absolute atomic E-state index is 0.0246. The van der Waals surface area contributed by atoms with Crippen molar-refractivity contribution in [3.05, 3.63) is 12.1 Å². The van der Waals surface area contributed by atoms with Crippen molar-refractivity contribution in [1.82, 2.24) is 4.98 Å². The van der Waals surface area contributed by atoms with Crippen molar-refractivity contribution in [3.8, 4) is 5.95 Å². The average Bonchev–Trinajstić information content (AvgIpc) is 2.77. The van der Waals surface area contributed by atoms with E-state index < -0.39 is 0 Å². The quantitative estimate of drug-likeness (QED) is 0.720. The fourth-order valence-electron chi connectivity index (χ4n) is 1.26. The van der Waals surface area contributed by atoms with Gasteiger partial charge in [0, 0.05) is 6.54 Å². The van der Waals surface area contributed by atoms with Gasteiger partial charge in [-0.3, -0.25) is 0 Å². The van der Waals surface area contributed by atoms with Crippen molar-refractivity contribution in [2.75, 3.05) is 13.7 Å². The fourth-order valence-corrected chi connectivity index (χ4v) is 1.26. The predicted molar refractivity (Wildman–Crippen MR) is 43.0 cm³/mol. The molecule has 1 aromatic heterocycles. The van der Waals surface area contributed by atoms with Crippen molar-refractivity contribution < 1.29 is 9.15 Å². The first-order valence-corrected chi connectivity index (χ1v) is 4.01. The van der Waals surface area contributed by atoms with E-state index in [2.05, 4.69) is 4.98 Å². The predicted octanol–water partition coefficient (Wildman–Crippen LogP) is 0.674. The Hall–Kier alpha value is -1.03. The van der Waals surface area contributed by atoms with E-state index in [4.69, 9.17) is 14.9 Å². The number of hydrogen-bond donors (Lipinski definition) is 1. The summed E-state index contributed by atoms with van der Waals surface area (Å²) in [5, 5.41) is 0. The van der Waals surface area contributed by atoms with Crippen LogP contribution in [-0.2, 0) is 5.41 Å². The van der Waals surface area contributed by atoms with Crippen LogP contribution in [0.2, 0.25) is 0 Å². The number of rotatable bonds is 3. The molecule has 4 heteroatoms. The Balaban J connectivity index is 2.23. The Bertz CT molecular complexity index is 278. The molecule has 12 heavy (non-hydrogen) atoms. The molecule has 0 aromatic carbocycles. The second-order valence-corrected chi connectivity index (χ2v) is 3.17. The number of oxazole rings is 1. The van der Waals surface area contributed by atoms with Crippen LogP contribution in [0.1, 0.15) is 18.7 Å². The van der Waals surface area contributed by atoms with Crippen molar-refractivity contribution in [1.29, 1.82) is 0 Å². The first kappa shape index (κ1) is 7.61. The van der Waals surface area contributed by atoms with E-state index in [-0.39, 0.29) is 5.41 Å². The normalized spacial score (nSPS) is 19.2. The summed E-state index contributed by atoms with van der Waals surface area (Å²) < 4.78 is 10.2. The molecule has 66 valence electrons. The largest absolute Gasteiger partial charge is 0.467 e. The SMILES string of the molecule is COc1cnc(C2(CN)CC2)o1. The molecular weight excluding hydrogens is 156 g/mol. The molecule has 2 N–H and O–H groups in total. The van der Waals surface area contributed by atoms with Gasteiger partial charge in [-0.05, 0) is 12.8 Å². The molecule has 1 aliphatic rings. The number of ether oxygens (including phenoxy) is 1. The maximum absolute atomic E-state index is 5.61. The summed E-state index contributed by atoms with van der Waals surface area (Å²) in [5.74, 6) is 1.19. The zero-order valence-corrected chi connectivity index (χ0v) is 7.04. The molecule has 1 saturated carbocycles. The number of hydrogen-bond acceptors (Lipinski definition) is 4. The van der Waals surface area contributed by atoms with E-state index in [9.17, 15) is 0 Å². The summed E-state index contributed by atoms with van der Waals surface area (Å²) in [6.07, 6.45) is 3.74. The highest BCUT2D eigenvalue weighted by molar-refractivity contribution is 5.18. The second kappa shape index (κ2) is 2.48.